The lowest BCUT2D eigenvalue weighted by molar-refractivity contribution is 0.460. The molecule has 0 bridgehead atoms. The number of benzene rings is 1. The predicted octanol–water partition coefficient (Wildman–Crippen LogP) is 2.43. The van der Waals surface area contributed by atoms with Crippen molar-refractivity contribution in [2.45, 2.75) is 18.8 Å². The zero-order valence-electron chi connectivity index (χ0n) is 9.37. The molecule has 0 atom stereocenters. The SMILES string of the molecule is SCC#Cc1ccc(C2CCNCC2)cc1. The largest absolute Gasteiger partial charge is 0.317 e. The first-order chi connectivity index (χ1) is 7.90. The maximum atomic E-state index is 4.07. The summed E-state index contributed by atoms with van der Waals surface area (Å²) in [6.45, 7) is 2.29. The topological polar surface area (TPSA) is 12.0 Å². The molecule has 2 rings (SSSR count). The van der Waals surface area contributed by atoms with E-state index >= 15 is 0 Å². The summed E-state index contributed by atoms with van der Waals surface area (Å²) >= 11 is 4.07. The summed E-state index contributed by atoms with van der Waals surface area (Å²) in [6, 6.07) is 8.68. The third-order valence-corrected chi connectivity index (χ3v) is 3.19. The standard InChI is InChI=1S/C14H17NS/c16-11-1-2-12-3-5-13(6-4-12)14-7-9-15-10-8-14/h3-6,14-16H,7-11H2. The monoisotopic (exact) mass is 231 g/mol. The molecule has 84 valence electrons. The predicted molar refractivity (Wildman–Crippen MR) is 72.0 cm³/mol. The van der Waals surface area contributed by atoms with E-state index in [0.717, 1.165) is 24.6 Å². The van der Waals surface area contributed by atoms with Gasteiger partial charge in [-0.2, -0.15) is 12.6 Å². The highest BCUT2D eigenvalue weighted by molar-refractivity contribution is 7.80. The van der Waals surface area contributed by atoms with E-state index in [1.54, 1.807) is 0 Å². The quantitative estimate of drug-likeness (QED) is 0.559. The summed E-state index contributed by atoms with van der Waals surface area (Å²) in [6.07, 6.45) is 2.50. The lowest BCUT2D eigenvalue weighted by Gasteiger charge is -2.22. The minimum absolute atomic E-state index is 0.621. The third kappa shape index (κ3) is 3.04. The Hall–Kier alpha value is -0.910. The molecule has 1 N–H and O–H groups in total. The molecular formula is C14H17NS. The van der Waals surface area contributed by atoms with Gasteiger partial charge >= 0.3 is 0 Å². The second-order valence-corrected chi connectivity index (χ2v) is 4.42. The van der Waals surface area contributed by atoms with Crippen molar-refractivity contribution in [2.24, 2.45) is 0 Å². The van der Waals surface area contributed by atoms with E-state index in [0.29, 0.717) is 5.75 Å². The zero-order chi connectivity index (χ0) is 11.2. The molecule has 0 aromatic heterocycles. The highest BCUT2D eigenvalue weighted by atomic mass is 32.1. The van der Waals surface area contributed by atoms with Crippen LogP contribution >= 0.6 is 12.6 Å². The number of rotatable bonds is 1. The smallest absolute Gasteiger partial charge is 0.0521 e. The van der Waals surface area contributed by atoms with Crippen LogP contribution < -0.4 is 5.32 Å². The minimum atomic E-state index is 0.621. The Balaban J connectivity index is 2.06. The lowest BCUT2D eigenvalue weighted by atomic mass is 9.90. The Morgan fingerprint density at radius 3 is 2.50 bits per heavy atom. The number of hydrogen-bond acceptors (Lipinski definition) is 2. The summed E-state index contributed by atoms with van der Waals surface area (Å²) in [7, 11) is 0. The Labute approximate surface area is 103 Å². The minimum Gasteiger partial charge on any atom is -0.317 e. The molecule has 0 aliphatic carbocycles. The fourth-order valence-electron chi connectivity index (χ4n) is 2.14. The Kier molecular flexibility index (Phi) is 4.33. The van der Waals surface area contributed by atoms with Crippen LogP contribution in [0.25, 0.3) is 0 Å². The Bertz CT molecular complexity index is 379. The summed E-state index contributed by atoms with van der Waals surface area (Å²) in [4.78, 5) is 0. The van der Waals surface area contributed by atoms with Gasteiger partial charge in [-0.1, -0.05) is 24.0 Å². The van der Waals surface area contributed by atoms with Crippen LogP contribution in [0.2, 0.25) is 0 Å². The van der Waals surface area contributed by atoms with Crippen molar-refractivity contribution >= 4 is 12.6 Å². The van der Waals surface area contributed by atoms with Crippen molar-refractivity contribution < 1.29 is 0 Å². The first-order valence-electron chi connectivity index (χ1n) is 5.80. The van der Waals surface area contributed by atoms with Crippen LogP contribution in [0.4, 0.5) is 0 Å². The van der Waals surface area contributed by atoms with Crippen LogP contribution in [0.3, 0.4) is 0 Å². The van der Waals surface area contributed by atoms with Gasteiger partial charge in [0.2, 0.25) is 0 Å². The maximum Gasteiger partial charge on any atom is 0.0521 e. The van der Waals surface area contributed by atoms with Gasteiger partial charge in [-0.05, 0) is 49.5 Å². The fourth-order valence-corrected chi connectivity index (χ4v) is 2.21. The van der Waals surface area contributed by atoms with E-state index in [4.69, 9.17) is 0 Å². The molecule has 1 aliphatic heterocycles. The van der Waals surface area contributed by atoms with Crippen molar-refractivity contribution in [3.8, 4) is 11.8 Å². The summed E-state index contributed by atoms with van der Waals surface area (Å²) in [5, 5.41) is 3.39. The summed E-state index contributed by atoms with van der Waals surface area (Å²) < 4.78 is 0. The molecule has 1 fully saturated rings. The van der Waals surface area contributed by atoms with E-state index in [1.165, 1.54) is 18.4 Å². The van der Waals surface area contributed by atoms with Gasteiger partial charge in [0.25, 0.3) is 0 Å². The number of hydrogen-bond donors (Lipinski definition) is 2. The van der Waals surface area contributed by atoms with Crippen molar-refractivity contribution in [1.82, 2.24) is 5.32 Å². The van der Waals surface area contributed by atoms with Crippen LogP contribution in [0.1, 0.15) is 29.9 Å². The molecule has 0 radical (unpaired) electrons. The van der Waals surface area contributed by atoms with Crippen molar-refractivity contribution in [2.75, 3.05) is 18.8 Å². The van der Waals surface area contributed by atoms with Crippen molar-refractivity contribution in [1.29, 1.82) is 0 Å². The van der Waals surface area contributed by atoms with E-state index in [9.17, 15) is 0 Å². The number of piperidine rings is 1. The van der Waals surface area contributed by atoms with Gasteiger partial charge in [0.15, 0.2) is 0 Å². The van der Waals surface area contributed by atoms with E-state index in [1.807, 2.05) is 0 Å². The highest BCUT2D eigenvalue weighted by Gasteiger charge is 2.14. The molecule has 1 saturated heterocycles. The lowest BCUT2D eigenvalue weighted by Crippen LogP contribution is -2.26. The summed E-state index contributed by atoms with van der Waals surface area (Å²) in [5.74, 6) is 7.40. The molecule has 1 heterocycles. The molecule has 1 aliphatic rings. The average molecular weight is 231 g/mol. The van der Waals surface area contributed by atoms with Gasteiger partial charge in [0, 0.05) is 5.56 Å². The second kappa shape index (κ2) is 5.98. The number of thiol groups is 1. The average Bonchev–Trinajstić information content (AvgIpc) is 2.38. The van der Waals surface area contributed by atoms with Crippen LogP contribution in [0, 0.1) is 11.8 Å². The molecule has 2 heteroatoms. The van der Waals surface area contributed by atoms with Gasteiger partial charge in [-0.15, -0.1) is 0 Å². The first-order valence-corrected chi connectivity index (χ1v) is 6.44. The van der Waals surface area contributed by atoms with Gasteiger partial charge in [-0.25, -0.2) is 0 Å². The Morgan fingerprint density at radius 2 is 1.88 bits per heavy atom. The van der Waals surface area contributed by atoms with E-state index in [-0.39, 0.29) is 0 Å². The van der Waals surface area contributed by atoms with Crippen LogP contribution in [0.15, 0.2) is 24.3 Å². The van der Waals surface area contributed by atoms with Gasteiger partial charge in [-0.3, -0.25) is 0 Å². The molecule has 0 amide bonds. The van der Waals surface area contributed by atoms with Crippen molar-refractivity contribution in [3.05, 3.63) is 35.4 Å². The highest BCUT2D eigenvalue weighted by Crippen LogP contribution is 2.24. The molecule has 0 unspecified atom stereocenters. The Morgan fingerprint density at radius 1 is 1.19 bits per heavy atom. The molecular weight excluding hydrogens is 214 g/mol. The van der Waals surface area contributed by atoms with E-state index in [2.05, 4.69) is 54.1 Å². The van der Waals surface area contributed by atoms with Gasteiger partial charge < -0.3 is 5.32 Å². The zero-order valence-corrected chi connectivity index (χ0v) is 10.3. The van der Waals surface area contributed by atoms with E-state index < -0.39 is 0 Å². The molecule has 1 aromatic carbocycles. The summed E-state index contributed by atoms with van der Waals surface area (Å²) in [5.41, 5.74) is 2.55. The molecule has 16 heavy (non-hydrogen) atoms. The molecule has 0 saturated carbocycles. The third-order valence-electron chi connectivity index (χ3n) is 3.03. The van der Waals surface area contributed by atoms with Crippen LogP contribution in [-0.2, 0) is 0 Å². The second-order valence-electron chi connectivity index (χ2n) is 4.11. The molecule has 1 aromatic rings. The first kappa shape index (κ1) is 11.6. The molecule has 0 spiro atoms. The van der Waals surface area contributed by atoms with Crippen molar-refractivity contribution in [3.63, 3.8) is 0 Å². The van der Waals surface area contributed by atoms with Gasteiger partial charge in [0.05, 0.1) is 5.75 Å². The normalized spacial score (nSPS) is 16.6. The fraction of sp³-hybridized carbons (Fsp3) is 0.429. The van der Waals surface area contributed by atoms with Crippen LogP contribution in [0.5, 0.6) is 0 Å². The van der Waals surface area contributed by atoms with Gasteiger partial charge in [0.1, 0.15) is 0 Å². The molecule has 1 nitrogen and oxygen atoms in total. The number of nitrogens with one attached hydrogen (secondary N) is 1. The maximum absolute atomic E-state index is 4.07. The van der Waals surface area contributed by atoms with Crippen LogP contribution in [-0.4, -0.2) is 18.8 Å².